The average molecular weight is 235 g/mol. The SMILES string of the molecule is Cn1ccc(C#CCNC(=O)OC(C)(C)C)n1. The van der Waals surface area contributed by atoms with Crippen LogP contribution in [-0.2, 0) is 11.8 Å². The van der Waals surface area contributed by atoms with E-state index in [1.54, 1.807) is 10.7 Å². The van der Waals surface area contributed by atoms with Crippen molar-refractivity contribution in [2.24, 2.45) is 7.05 Å². The third-order valence-corrected chi connectivity index (χ3v) is 1.65. The maximum Gasteiger partial charge on any atom is 0.408 e. The van der Waals surface area contributed by atoms with Crippen molar-refractivity contribution in [1.29, 1.82) is 0 Å². The average Bonchev–Trinajstić information content (AvgIpc) is 2.56. The van der Waals surface area contributed by atoms with Gasteiger partial charge in [0, 0.05) is 13.2 Å². The first kappa shape index (κ1) is 13.1. The van der Waals surface area contributed by atoms with Crippen molar-refractivity contribution in [3.05, 3.63) is 18.0 Å². The van der Waals surface area contributed by atoms with Crippen molar-refractivity contribution < 1.29 is 9.53 Å². The molecular weight excluding hydrogens is 218 g/mol. The Balaban J connectivity index is 2.33. The van der Waals surface area contributed by atoms with Gasteiger partial charge in [-0.3, -0.25) is 4.68 Å². The fourth-order valence-electron chi connectivity index (χ4n) is 1.05. The lowest BCUT2D eigenvalue weighted by atomic mass is 10.2. The van der Waals surface area contributed by atoms with Crippen LogP contribution in [0.3, 0.4) is 0 Å². The molecule has 5 heteroatoms. The van der Waals surface area contributed by atoms with Gasteiger partial charge in [-0.2, -0.15) is 5.10 Å². The zero-order valence-electron chi connectivity index (χ0n) is 10.6. The molecule has 1 amide bonds. The molecule has 0 spiro atoms. The highest BCUT2D eigenvalue weighted by Gasteiger charge is 2.14. The Hall–Kier alpha value is -1.96. The van der Waals surface area contributed by atoms with E-state index in [9.17, 15) is 4.79 Å². The largest absolute Gasteiger partial charge is 0.444 e. The van der Waals surface area contributed by atoms with Crippen molar-refractivity contribution in [1.82, 2.24) is 15.1 Å². The van der Waals surface area contributed by atoms with E-state index in [1.165, 1.54) is 0 Å². The highest BCUT2D eigenvalue weighted by molar-refractivity contribution is 5.68. The van der Waals surface area contributed by atoms with E-state index < -0.39 is 11.7 Å². The molecule has 1 rings (SSSR count). The Labute approximate surface area is 101 Å². The van der Waals surface area contributed by atoms with Crippen molar-refractivity contribution in [3.8, 4) is 11.8 Å². The van der Waals surface area contributed by atoms with Gasteiger partial charge in [-0.15, -0.1) is 0 Å². The van der Waals surface area contributed by atoms with E-state index in [1.807, 2.05) is 34.0 Å². The number of nitrogens with zero attached hydrogens (tertiary/aromatic N) is 2. The van der Waals surface area contributed by atoms with Crippen LogP contribution in [0, 0.1) is 11.8 Å². The van der Waals surface area contributed by atoms with E-state index in [-0.39, 0.29) is 6.54 Å². The van der Waals surface area contributed by atoms with Crippen LogP contribution in [0.2, 0.25) is 0 Å². The smallest absolute Gasteiger partial charge is 0.408 e. The third kappa shape index (κ3) is 5.61. The normalized spacial score (nSPS) is 10.4. The fraction of sp³-hybridized carbons (Fsp3) is 0.500. The first-order valence-electron chi connectivity index (χ1n) is 5.32. The molecule has 0 aliphatic carbocycles. The predicted octanol–water partition coefficient (Wildman–Crippen LogP) is 1.30. The van der Waals surface area contributed by atoms with E-state index in [4.69, 9.17) is 4.74 Å². The van der Waals surface area contributed by atoms with Gasteiger partial charge in [-0.1, -0.05) is 5.92 Å². The number of alkyl carbamates (subject to hydrolysis) is 1. The second kappa shape index (κ2) is 5.39. The minimum absolute atomic E-state index is 0.242. The molecular formula is C12H17N3O2. The van der Waals surface area contributed by atoms with Gasteiger partial charge in [-0.25, -0.2) is 4.79 Å². The molecule has 0 bridgehead atoms. The Morgan fingerprint density at radius 1 is 1.59 bits per heavy atom. The zero-order chi connectivity index (χ0) is 12.9. The van der Waals surface area contributed by atoms with Crippen molar-refractivity contribution in [2.75, 3.05) is 6.54 Å². The molecule has 0 unspecified atom stereocenters. The molecule has 92 valence electrons. The number of carbonyl (C=O) groups is 1. The van der Waals surface area contributed by atoms with Crippen molar-refractivity contribution in [3.63, 3.8) is 0 Å². The van der Waals surface area contributed by atoms with Crippen molar-refractivity contribution in [2.45, 2.75) is 26.4 Å². The molecule has 17 heavy (non-hydrogen) atoms. The molecule has 0 aliphatic rings. The van der Waals surface area contributed by atoms with Gasteiger partial charge < -0.3 is 10.1 Å². The molecule has 0 saturated carbocycles. The first-order chi connectivity index (χ1) is 7.87. The van der Waals surface area contributed by atoms with Gasteiger partial charge in [0.25, 0.3) is 0 Å². The topological polar surface area (TPSA) is 56.2 Å². The molecule has 0 aromatic carbocycles. The standard InChI is InChI=1S/C12H17N3O2/c1-12(2,3)17-11(16)13-8-5-6-10-7-9-15(4)14-10/h7,9H,8H2,1-4H3,(H,13,16). The van der Waals surface area contributed by atoms with E-state index in [0.29, 0.717) is 5.69 Å². The van der Waals surface area contributed by atoms with Gasteiger partial charge in [0.15, 0.2) is 0 Å². The van der Waals surface area contributed by atoms with Crippen LogP contribution >= 0.6 is 0 Å². The monoisotopic (exact) mass is 235 g/mol. The van der Waals surface area contributed by atoms with Crippen LogP contribution in [0.1, 0.15) is 26.5 Å². The van der Waals surface area contributed by atoms with Crippen LogP contribution < -0.4 is 5.32 Å². The molecule has 1 aromatic rings. The molecule has 1 aromatic heterocycles. The molecule has 0 aliphatic heterocycles. The van der Waals surface area contributed by atoms with Crippen LogP contribution in [-0.4, -0.2) is 28.0 Å². The van der Waals surface area contributed by atoms with Gasteiger partial charge in [0.1, 0.15) is 11.3 Å². The summed E-state index contributed by atoms with van der Waals surface area (Å²) in [5.74, 6) is 5.63. The fourth-order valence-corrected chi connectivity index (χ4v) is 1.05. The Bertz CT molecular complexity index is 446. The maximum atomic E-state index is 11.3. The molecule has 5 nitrogen and oxygen atoms in total. The second-order valence-electron chi connectivity index (χ2n) is 4.53. The zero-order valence-corrected chi connectivity index (χ0v) is 10.6. The molecule has 0 radical (unpaired) electrons. The summed E-state index contributed by atoms with van der Waals surface area (Å²) < 4.78 is 6.73. The molecule has 1 heterocycles. The van der Waals surface area contributed by atoms with Crippen LogP contribution in [0.5, 0.6) is 0 Å². The highest BCUT2D eigenvalue weighted by Crippen LogP contribution is 2.05. The number of nitrogens with one attached hydrogen (secondary N) is 1. The highest BCUT2D eigenvalue weighted by atomic mass is 16.6. The predicted molar refractivity (Wildman–Crippen MR) is 64.3 cm³/mol. The number of aromatic nitrogens is 2. The summed E-state index contributed by atoms with van der Waals surface area (Å²) in [5, 5.41) is 6.63. The Morgan fingerprint density at radius 3 is 2.82 bits per heavy atom. The lowest BCUT2D eigenvalue weighted by molar-refractivity contribution is 0.0535. The van der Waals surface area contributed by atoms with E-state index >= 15 is 0 Å². The van der Waals surface area contributed by atoms with Gasteiger partial charge in [0.05, 0.1) is 6.54 Å². The number of hydrogen-bond donors (Lipinski definition) is 1. The van der Waals surface area contributed by atoms with Gasteiger partial charge in [-0.05, 0) is 32.8 Å². The quantitative estimate of drug-likeness (QED) is 0.746. The number of hydrogen-bond acceptors (Lipinski definition) is 3. The number of rotatable bonds is 1. The van der Waals surface area contributed by atoms with Crippen LogP contribution in [0.4, 0.5) is 4.79 Å². The lowest BCUT2D eigenvalue weighted by Crippen LogP contribution is -2.32. The minimum Gasteiger partial charge on any atom is -0.444 e. The molecule has 0 atom stereocenters. The van der Waals surface area contributed by atoms with Gasteiger partial charge in [0.2, 0.25) is 0 Å². The second-order valence-corrected chi connectivity index (χ2v) is 4.53. The third-order valence-electron chi connectivity index (χ3n) is 1.65. The summed E-state index contributed by atoms with van der Waals surface area (Å²) >= 11 is 0. The van der Waals surface area contributed by atoms with Crippen LogP contribution in [0.15, 0.2) is 12.3 Å². The molecule has 1 N–H and O–H groups in total. The summed E-state index contributed by atoms with van der Waals surface area (Å²) in [6.45, 7) is 5.68. The molecule has 0 saturated heterocycles. The van der Waals surface area contributed by atoms with Crippen LogP contribution in [0.25, 0.3) is 0 Å². The Kier molecular flexibility index (Phi) is 4.16. The summed E-state index contributed by atoms with van der Waals surface area (Å²) in [5.41, 5.74) is 0.192. The molecule has 0 fully saturated rings. The minimum atomic E-state index is -0.488. The summed E-state index contributed by atoms with van der Waals surface area (Å²) in [4.78, 5) is 11.3. The van der Waals surface area contributed by atoms with Gasteiger partial charge >= 0.3 is 6.09 Å². The number of aryl methyl sites for hydroxylation is 1. The summed E-state index contributed by atoms with van der Waals surface area (Å²) in [6, 6.07) is 1.81. The first-order valence-corrected chi connectivity index (χ1v) is 5.32. The summed E-state index contributed by atoms with van der Waals surface area (Å²) in [7, 11) is 1.82. The lowest BCUT2D eigenvalue weighted by Gasteiger charge is -2.18. The number of carbonyl (C=O) groups excluding carboxylic acids is 1. The van der Waals surface area contributed by atoms with Crippen molar-refractivity contribution >= 4 is 6.09 Å². The Morgan fingerprint density at radius 2 is 2.29 bits per heavy atom. The number of amides is 1. The van der Waals surface area contributed by atoms with E-state index in [2.05, 4.69) is 22.3 Å². The number of ether oxygens (including phenoxy) is 1. The summed E-state index contributed by atoms with van der Waals surface area (Å²) in [6.07, 6.45) is 1.35. The van der Waals surface area contributed by atoms with E-state index in [0.717, 1.165) is 0 Å². The maximum absolute atomic E-state index is 11.3.